The molecule has 1 aromatic heterocycles. The highest BCUT2D eigenvalue weighted by Gasteiger charge is 1.58. The molecular weight excluding hydrogens is 190 g/mol. The minimum absolute atomic E-state index is 0. The molecule has 1 rings (SSSR count). The molecule has 0 aromatic carbocycles. The quantitative estimate of drug-likeness (QED) is 0.634. The third-order valence-corrected chi connectivity index (χ3v) is 0.616. The molecule has 0 unspecified atom stereocenters. The summed E-state index contributed by atoms with van der Waals surface area (Å²) >= 11 is 0. The van der Waals surface area contributed by atoms with E-state index in [1.54, 1.807) is 12.4 Å². The van der Waals surface area contributed by atoms with Crippen molar-refractivity contribution < 1.29 is 5.48 Å². The average Bonchev–Trinajstić information content (AvgIpc) is 2.08. The van der Waals surface area contributed by atoms with Gasteiger partial charge in [-0.2, -0.15) is 10.5 Å². The number of hydrogen-bond acceptors (Lipinski definition) is 3. The van der Waals surface area contributed by atoms with Gasteiger partial charge in [0.25, 0.3) is 0 Å². The summed E-state index contributed by atoms with van der Waals surface area (Å²) < 4.78 is 0. The molecule has 0 spiro atoms. The Hall–Kier alpha value is -1.62. The summed E-state index contributed by atoms with van der Waals surface area (Å²) in [7, 11) is 0. The fraction of sp³-hybridized carbons (Fsp3) is 0.125. The summed E-state index contributed by atoms with van der Waals surface area (Å²) in [4.78, 5) is 3.78. The molecule has 0 amide bonds. The van der Waals surface area contributed by atoms with Gasteiger partial charge < -0.3 is 5.48 Å². The monoisotopic (exact) mass is 201 g/mol. The molecule has 13 heavy (non-hydrogen) atoms. The maximum Gasteiger partial charge on any atom is 0.181 e. The van der Waals surface area contributed by atoms with Crippen LogP contribution in [0.15, 0.2) is 30.6 Å². The van der Waals surface area contributed by atoms with E-state index in [1.165, 1.54) is 12.1 Å². The number of pyridine rings is 1. The molecule has 0 saturated heterocycles. The van der Waals surface area contributed by atoms with E-state index in [0.717, 1.165) is 0 Å². The molecule has 0 aliphatic heterocycles. The Morgan fingerprint density at radius 3 is 1.38 bits per heavy atom. The molecule has 1 heterocycles. The van der Waals surface area contributed by atoms with Crippen molar-refractivity contribution in [3.8, 4) is 12.1 Å². The maximum absolute atomic E-state index is 7.26. The molecule has 0 fully saturated rings. The predicted molar refractivity (Wildman–Crippen MR) is 53.1 cm³/mol. The zero-order valence-corrected chi connectivity index (χ0v) is 6.95. The molecule has 5 heteroatoms. The fourth-order valence-corrected chi connectivity index (χ4v) is 0.313. The van der Waals surface area contributed by atoms with Crippen LogP contribution >= 0.6 is 12.4 Å². The standard InChI is InChI=1S/C5H5N.C2N2.CH4.ClH.H2O/c1-2-4-6-5-3-1;3-1-2-4;;;/h1-5H;;1H4;1H;1H2. The van der Waals surface area contributed by atoms with Crippen molar-refractivity contribution in [1.82, 2.24) is 4.98 Å². The van der Waals surface area contributed by atoms with E-state index < -0.39 is 0 Å². The Morgan fingerprint density at radius 1 is 0.923 bits per heavy atom. The first-order chi connectivity index (χ1) is 4.91. The van der Waals surface area contributed by atoms with Gasteiger partial charge in [0.05, 0.1) is 0 Å². The molecule has 2 N–H and O–H groups in total. The summed E-state index contributed by atoms with van der Waals surface area (Å²) in [5.41, 5.74) is 0. The van der Waals surface area contributed by atoms with Crippen LogP contribution in [-0.2, 0) is 0 Å². The lowest BCUT2D eigenvalue weighted by Crippen LogP contribution is -1.58. The first kappa shape index (κ1) is 22.5. The summed E-state index contributed by atoms with van der Waals surface area (Å²) in [6.07, 6.45) is 3.50. The normalized spacial score (nSPS) is 4.46. The fourth-order valence-electron chi connectivity index (χ4n) is 0.313. The molecule has 72 valence electrons. The molecule has 0 bridgehead atoms. The van der Waals surface area contributed by atoms with Crippen LogP contribution < -0.4 is 0 Å². The zero-order valence-electron chi connectivity index (χ0n) is 6.14. The van der Waals surface area contributed by atoms with Crippen molar-refractivity contribution in [3.63, 3.8) is 0 Å². The zero-order chi connectivity index (χ0) is 7.66. The third kappa shape index (κ3) is 25.2. The number of halogens is 1. The SMILES string of the molecule is C.Cl.N#CC#N.O.c1ccncc1. The summed E-state index contributed by atoms with van der Waals surface area (Å²) in [6.45, 7) is 0. The third-order valence-electron chi connectivity index (χ3n) is 0.616. The van der Waals surface area contributed by atoms with E-state index in [4.69, 9.17) is 10.5 Å². The Bertz CT molecular complexity index is 201. The van der Waals surface area contributed by atoms with Crippen LogP contribution in [0.2, 0.25) is 0 Å². The second kappa shape index (κ2) is 22.4. The van der Waals surface area contributed by atoms with Crippen molar-refractivity contribution in [2.45, 2.75) is 7.43 Å². The molecule has 4 nitrogen and oxygen atoms in total. The van der Waals surface area contributed by atoms with Gasteiger partial charge in [0.15, 0.2) is 12.1 Å². The molecule has 0 aliphatic carbocycles. The minimum Gasteiger partial charge on any atom is -0.412 e. The smallest absolute Gasteiger partial charge is 0.181 e. The van der Waals surface area contributed by atoms with Gasteiger partial charge in [-0.15, -0.1) is 12.4 Å². The van der Waals surface area contributed by atoms with E-state index >= 15 is 0 Å². The Morgan fingerprint density at radius 2 is 1.31 bits per heavy atom. The average molecular weight is 202 g/mol. The van der Waals surface area contributed by atoms with Gasteiger partial charge in [-0.05, 0) is 12.1 Å². The van der Waals surface area contributed by atoms with E-state index in [9.17, 15) is 0 Å². The van der Waals surface area contributed by atoms with Crippen LogP contribution in [0, 0.1) is 22.7 Å². The molecular formula is C8H12ClN3O. The van der Waals surface area contributed by atoms with Crippen molar-refractivity contribution in [2.24, 2.45) is 0 Å². The van der Waals surface area contributed by atoms with Crippen molar-refractivity contribution in [1.29, 1.82) is 10.5 Å². The van der Waals surface area contributed by atoms with Crippen LogP contribution in [0.25, 0.3) is 0 Å². The Kier molecular flexibility index (Phi) is 38.9. The van der Waals surface area contributed by atoms with Gasteiger partial charge in [-0.3, -0.25) is 4.98 Å². The van der Waals surface area contributed by atoms with E-state index in [-0.39, 0.29) is 25.3 Å². The number of aromatic nitrogens is 1. The number of nitrogens with zero attached hydrogens (tertiary/aromatic N) is 3. The summed E-state index contributed by atoms with van der Waals surface area (Å²) in [5, 5.41) is 14.5. The van der Waals surface area contributed by atoms with E-state index in [1.807, 2.05) is 18.2 Å². The second-order valence-corrected chi connectivity index (χ2v) is 1.25. The van der Waals surface area contributed by atoms with Gasteiger partial charge >= 0.3 is 0 Å². The number of nitriles is 2. The molecule has 1 aromatic rings. The summed E-state index contributed by atoms with van der Waals surface area (Å²) in [6, 6.07) is 8.19. The Labute approximate surface area is 84.2 Å². The van der Waals surface area contributed by atoms with Gasteiger partial charge in [-0.25, -0.2) is 0 Å². The lowest BCUT2D eigenvalue weighted by atomic mass is 10.5. The molecule has 0 aliphatic rings. The van der Waals surface area contributed by atoms with Crippen LogP contribution in [0.1, 0.15) is 7.43 Å². The lowest BCUT2D eigenvalue weighted by Gasteiger charge is -1.70. The van der Waals surface area contributed by atoms with E-state index in [2.05, 4.69) is 4.98 Å². The first-order valence-corrected chi connectivity index (χ1v) is 2.55. The summed E-state index contributed by atoms with van der Waals surface area (Å²) in [5.74, 6) is 0. The van der Waals surface area contributed by atoms with Crippen LogP contribution in [0.3, 0.4) is 0 Å². The van der Waals surface area contributed by atoms with Gasteiger partial charge in [-0.1, -0.05) is 13.5 Å². The molecule has 0 atom stereocenters. The number of rotatable bonds is 0. The number of hydrogen-bond donors (Lipinski definition) is 0. The predicted octanol–water partition coefficient (Wildman–Crippen LogP) is 1.35. The molecule has 0 radical (unpaired) electrons. The van der Waals surface area contributed by atoms with Crippen LogP contribution in [-0.4, -0.2) is 10.5 Å². The highest BCUT2D eigenvalue weighted by molar-refractivity contribution is 5.85. The highest BCUT2D eigenvalue weighted by Crippen LogP contribution is 1.73. The van der Waals surface area contributed by atoms with Gasteiger partial charge in [0.2, 0.25) is 0 Å². The maximum atomic E-state index is 7.26. The Balaban J connectivity index is -0.0000000536. The van der Waals surface area contributed by atoms with Gasteiger partial charge in [0.1, 0.15) is 0 Å². The minimum atomic E-state index is 0. The largest absolute Gasteiger partial charge is 0.412 e. The van der Waals surface area contributed by atoms with Crippen LogP contribution in [0.5, 0.6) is 0 Å². The van der Waals surface area contributed by atoms with Crippen molar-refractivity contribution in [3.05, 3.63) is 30.6 Å². The van der Waals surface area contributed by atoms with E-state index in [0.29, 0.717) is 0 Å². The van der Waals surface area contributed by atoms with Gasteiger partial charge in [0, 0.05) is 12.4 Å². The highest BCUT2D eigenvalue weighted by atomic mass is 35.5. The lowest BCUT2D eigenvalue weighted by molar-refractivity contribution is 0.824. The topological polar surface area (TPSA) is 92.0 Å². The first-order valence-electron chi connectivity index (χ1n) is 2.55. The van der Waals surface area contributed by atoms with Crippen molar-refractivity contribution >= 4 is 12.4 Å². The second-order valence-electron chi connectivity index (χ2n) is 1.25. The van der Waals surface area contributed by atoms with Crippen molar-refractivity contribution in [2.75, 3.05) is 0 Å². The van der Waals surface area contributed by atoms with Crippen LogP contribution in [0.4, 0.5) is 0 Å². The molecule has 0 saturated carbocycles.